The minimum atomic E-state index is 0.231. The van der Waals surface area contributed by atoms with Gasteiger partial charge in [0, 0.05) is 19.0 Å². The molecule has 2 heterocycles. The van der Waals surface area contributed by atoms with Crippen LogP contribution in [0.2, 0.25) is 0 Å². The van der Waals surface area contributed by atoms with E-state index in [1.165, 1.54) is 5.56 Å². The number of hydrogen-bond acceptors (Lipinski definition) is 6. The molecule has 3 rings (SSSR count). The minimum absolute atomic E-state index is 0.231. The lowest BCUT2D eigenvalue weighted by molar-refractivity contribution is 0.414. The molecule has 3 N–H and O–H groups in total. The number of aryl methyl sites for hydroxylation is 1. The largest absolute Gasteiger partial charge is 0.497 e. The van der Waals surface area contributed by atoms with Crippen molar-refractivity contribution >= 4 is 22.7 Å². The van der Waals surface area contributed by atoms with Gasteiger partial charge in [0.05, 0.1) is 7.11 Å². The molecule has 0 saturated heterocycles. The van der Waals surface area contributed by atoms with E-state index in [2.05, 4.69) is 53.0 Å². The van der Waals surface area contributed by atoms with E-state index in [4.69, 9.17) is 15.5 Å². The Bertz CT molecular complexity index is 901. The molecule has 0 aliphatic rings. The number of rotatable bonds is 8. The Morgan fingerprint density at radius 2 is 1.93 bits per heavy atom. The number of fused-ring (bicyclic) bond motifs is 1. The van der Waals surface area contributed by atoms with Gasteiger partial charge < -0.3 is 20.4 Å². The van der Waals surface area contributed by atoms with Gasteiger partial charge in [0.25, 0.3) is 0 Å². The molecular formula is C20H28N6O. The van der Waals surface area contributed by atoms with E-state index >= 15 is 0 Å². The average Bonchev–Trinajstić information content (AvgIpc) is 3.02. The van der Waals surface area contributed by atoms with Gasteiger partial charge in [-0.3, -0.25) is 0 Å². The number of unbranched alkanes of at least 4 members (excludes halogenated alkanes) is 1. The van der Waals surface area contributed by atoms with E-state index in [0.717, 1.165) is 42.2 Å². The SMILES string of the molecule is CCCCc1nc2c(N)nnc(NC(C)C)c2n1Cc1ccc(OC)cc1. The van der Waals surface area contributed by atoms with E-state index in [0.29, 0.717) is 17.9 Å². The lowest BCUT2D eigenvalue weighted by Crippen LogP contribution is -2.14. The number of nitrogens with one attached hydrogen (secondary N) is 1. The van der Waals surface area contributed by atoms with Crippen molar-refractivity contribution in [1.29, 1.82) is 0 Å². The summed E-state index contributed by atoms with van der Waals surface area (Å²) in [6.07, 6.45) is 3.07. The van der Waals surface area contributed by atoms with E-state index in [1.54, 1.807) is 7.11 Å². The van der Waals surface area contributed by atoms with Gasteiger partial charge in [0.1, 0.15) is 22.6 Å². The van der Waals surface area contributed by atoms with Crippen LogP contribution in [-0.4, -0.2) is 32.9 Å². The summed E-state index contributed by atoms with van der Waals surface area (Å²) in [4.78, 5) is 4.82. The van der Waals surface area contributed by atoms with E-state index in [1.807, 2.05) is 12.1 Å². The molecule has 7 heteroatoms. The third-order valence-electron chi connectivity index (χ3n) is 4.45. The van der Waals surface area contributed by atoms with Gasteiger partial charge in [-0.15, -0.1) is 10.2 Å². The van der Waals surface area contributed by atoms with Crippen molar-refractivity contribution in [2.75, 3.05) is 18.2 Å². The van der Waals surface area contributed by atoms with Crippen molar-refractivity contribution in [3.05, 3.63) is 35.7 Å². The van der Waals surface area contributed by atoms with Crippen LogP contribution < -0.4 is 15.8 Å². The minimum Gasteiger partial charge on any atom is -0.497 e. The van der Waals surface area contributed by atoms with Crippen LogP contribution in [-0.2, 0) is 13.0 Å². The first-order valence-corrected chi connectivity index (χ1v) is 9.44. The molecule has 0 unspecified atom stereocenters. The fourth-order valence-electron chi connectivity index (χ4n) is 3.10. The number of anilines is 2. The molecule has 0 radical (unpaired) electrons. The van der Waals surface area contributed by atoms with E-state index in [-0.39, 0.29) is 6.04 Å². The molecule has 0 aliphatic heterocycles. The van der Waals surface area contributed by atoms with E-state index < -0.39 is 0 Å². The number of nitrogens with zero attached hydrogens (tertiary/aromatic N) is 4. The number of methoxy groups -OCH3 is 1. The lowest BCUT2D eigenvalue weighted by Gasteiger charge is -2.14. The molecule has 1 aromatic carbocycles. The van der Waals surface area contributed by atoms with Gasteiger partial charge in [-0.05, 0) is 38.0 Å². The molecular weight excluding hydrogens is 340 g/mol. The molecule has 0 saturated carbocycles. The van der Waals surface area contributed by atoms with Crippen molar-refractivity contribution in [1.82, 2.24) is 19.7 Å². The maximum Gasteiger partial charge on any atom is 0.175 e. The zero-order chi connectivity index (χ0) is 19.4. The predicted molar refractivity (Wildman–Crippen MR) is 109 cm³/mol. The normalized spacial score (nSPS) is 11.3. The maximum absolute atomic E-state index is 6.10. The summed E-state index contributed by atoms with van der Waals surface area (Å²) < 4.78 is 7.48. The van der Waals surface area contributed by atoms with Gasteiger partial charge in [0.2, 0.25) is 0 Å². The van der Waals surface area contributed by atoms with Crippen LogP contribution in [0.15, 0.2) is 24.3 Å². The lowest BCUT2D eigenvalue weighted by atomic mass is 10.2. The highest BCUT2D eigenvalue weighted by molar-refractivity contribution is 5.93. The van der Waals surface area contributed by atoms with Crippen LogP contribution in [0.4, 0.5) is 11.6 Å². The molecule has 27 heavy (non-hydrogen) atoms. The van der Waals surface area contributed by atoms with Crippen LogP contribution in [0.1, 0.15) is 45.0 Å². The number of nitrogens with two attached hydrogens (primary N) is 1. The van der Waals surface area contributed by atoms with Gasteiger partial charge in [0.15, 0.2) is 11.6 Å². The molecule has 7 nitrogen and oxygen atoms in total. The molecule has 2 aromatic heterocycles. The van der Waals surface area contributed by atoms with Crippen molar-refractivity contribution < 1.29 is 4.74 Å². The summed E-state index contributed by atoms with van der Waals surface area (Å²) in [5, 5.41) is 11.8. The zero-order valence-electron chi connectivity index (χ0n) is 16.5. The van der Waals surface area contributed by atoms with Crippen molar-refractivity contribution in [2.45, 2.75) is 52.6 Å². The quantitative estimate of drug-likeness (QED) is 0.631. The molecule has 0 amide bonds. The molecule has 0 bridgehead atoms. The molecule has 0 atom stereocenters. The molecule has 0 spiro atoms. The smallest absolute Gasteiger partial charge is 0.175 e. The fraction of sp³-hybridized carbons (Fsp3) is 0.450. The Labute approximate surface area is 160 Å². The summed E-state index contributed by atoms with van der Waals surface area (Å²) in [7, 11) is 1.67. The van der Waals surface area contributed by atoms with Crippen LogP contribution in [0.25, 0.3) is 11.0 Å². The number of benzene rings is 1. The summed E-state index contributed by atoms with van der Waals surface area (Å²) in [6.45, 7) is 7.02. The van der Waals surface area contributed by atoms with Crippen molar-refractivity contribution in [3.63, 3.8) is 0 Å². The first-order chi connectivity index (χ1) is 13.0. The Morgan fingerprint density at radius 1 is 1.19 bits per heavy atom. The topological polar surface area (TPSA) is 90.9 Å². The van der Waals surface area contributed by atoms with Crippen molar-refractivity contribution in [2.24, 2.45) is 0 Å². The number of ether oxygens (including phenoxy) is 1. The fourth-order valence-corrected chi connectivity index (χ4v) is 3.10. The molecule has 0 fully saturated rings. The van der Waals surface area contributed by atoms with Gasteiger partial charge in [-0.2, -0.15) is 0 Å². The van der Waals surface area contributed by atoms with Gasteiger partial charge in [-0.25, -0.2) is 4.98 Å². The second-order valence-electron chi connectivity index (χ2n) is 7.00. The third-order valence-corrected chi connectivity index (χ3v) is 4.45. The first kappa shape index (κ1) is 18.9. The number of aromatic nitrogens is 4. The monoisotopic (exact) mass is 368 g/mol. The summed E-state index contributed by atoms with van der Waals surface area (Å²) in [5.41, 5.74) is 8.90. The number of nitrogen functional groups attached to an aromatic ring is 1. The Hall–Kier alpha value is -2.83. The van der Waals surface area contributed by atoms with Crippen molar-refractivity contribution in [3.8, 4) is 5.75 Å². The van der Waals surface area contributed by atoms with Crippen LogP contribution in [0.5, 0.6) is 5.75 Å². The van der Waals surface area contributed by atoms with Crippen LogP contribution >= 0.6 is 0 Å². The second-order valence-corrected chi connectivity index (χ2v) is 7.00. The predicted octanol–water partition coefficient (Wildman–Crippen LogP) is 3.63. The first-order valence-electron chi connectivity index (χ1n) is 9.44. The average molecular weight is 368 g/mol. The summed E-state index contributed by atoms with van der Waals surface area (Å²) in [5.74, 6) is 2.94. The summed E-state index contributed by atoms with van der Waals surface area (Å²) in [6, 6.07) is 8.32. The Morgan fingerprint density at radius 3 is 2.56 bits per heavy atom. The van der Waals surface area contributed by atoms with Crippen LogP contribution in [0.3, 0.4) is 0 Å². The maximum atomic E-state index is 6.10. The van der Waals surface area contributed by atoms with Gasteiger partial charge in [-0.1, -0.05) is 25.5 Å². The van der Waals surface area contributed by atoms with Gasteiger partial charge >= 0.3 is 0 Å². The highest BCUT2D eigenvalue weighted by atomic mass is 16.5. The standard InChI is InChI=1S/C20H28N6O/c1-5-6-7-16-23-17-18(20(22-13(2)3)25-24-19(17)21)26(16)12-14-8-10-15(27-4)11-9-14/h8-11,13H,5-7,12H2,1-4H3,(H2,21,24)(H,22,25). The highest BCUT2D eigenvalue weighted by Gasteiger charge is 2.19. The zero-order valence-corrected chi connectivity index (χ0v) is 16.5. The number of imidazole rings is 1. The number of hydrogen-bond donors (Lipinski definition) is 2. The van der Waals surface area contributed by atoms with Crippen LogP contribution in [0, 0.1) is 0 Å². The molecule has 0 aliphatic carbocycles. The molecule has 144 valence electrons. The Kier molecular flexibility index (Phi) is 5.78. The van der Waals surface area contributed by atoms with E-state index in [9.17, 15) is 0 Å². The Balaban J connectivity index is 2.11. The third kappa shape index (κ3) is 4.13. The highest BCUT2D eigenvalue weighted by Crippen LogP contribution is 2.28. The molecule has 3 aromatic rings. The second kappa shape index (κ2) is 8.24. The summed E-state index contributed by atoms with van der Waals surface area (Å²) >= 11 is 0.